The summed E-state index contributed by atoms with van der Waals surface area (Å²) in [7, 11) is -0.969. The van der Waals surface area contributed by atoms with Gasteiger partial charge in [-0.15, -0.1) is 0 Å². The maximum atomic E-state index is 11.8. The molecule has 2 unspecified atom stereocenters. The van der Waals surface area contributed by atoms with Gasteiger partial charge >= 0.3 is 0 Å². The van der Waals surface area contributed by atoms with Gasteiger partial charge in [-0.3, -0.25) is 9.00 Å². The van der Waals surface area contributed by atoms with Crippen molar-refractivity contribution in [3.63, 3.8) is 0 Å². The van der Waals surface area contributed by atoms with Crippen LogP contribution in [0, 0.1) is 0 Å². The van der Waals surface area contributed by atoms with Crippen molar-refractivity contribution in [3.05, 3.63) is 35.4 Å². The van der Waals surface area contributed by atoms with Gasteiger partial charge in [-0.2, -0.15) is 0 Å². The summed E-state index contributed by atoms with van der Waals surface area (Å²) in [5, 5.41) is 14.0. The van der Waals surface area contributed by atoms with Crippen LogP contribution >= 0.6 is 0 Å². The molecule has 0 bridgehead atoms. The number of amides is 1. The Hall–Kier alpha value is -1.89. The molecule has 0 aliphatic carbocycles. The van der Waals surface area contributed by atoms with Gasteiger partial charge in [0.25, 0.3) is 5.91 Å². The van der Waals surface area contributed by atoms with Crippen LogP contribution in [0.25, 0.3) is 0 Å². The average molecular weight is 283 g/mol. The van der Waals surface area contributed by atoms with Gasteiger partial charge in [0.15, 0.2) is 5.84 Å². The summed E-state index contributed by atoms with van der Waals surface area (Å²) < 4.78 is 11.2. The third kappa shape index (κ3) is 4.36. The van der Waals surface area contributed by atoms with Gasteiger partial charge in [0.05, 0.1) is 0 Å². The molecule has 0 radical (unpaired) electrons. The molecule has 0 saturated carbocycles. The zero-order chi connectivity index (χ0) is 14.4. The molecule has 0 fully saturated rings. The molecule has 1 aromatic carbocycles. The van der Waals surface area contributed by atoms with Gasteiger partial charge in [0.1, 0.15) is 0 Å². The van der Waals surface area contributed by atoms with Crippen LogP contribution in [0.2, 0.25) is 0 Å². The number of rotatable bonds is 5. The molecular weight excluding hydrogens is 266 g/mol. The number of hydrogen-bond donors (Lipinski definition) is 3. The van der Waals surface area contributed by atoms with Crippen molar-refractivity contribution in [2.75, 3.05) is 12.8 Å². The first kappa shape index (κ1) is 15.2. The highest BCUT2D eigenvalue weighted by Gasteiger charge is 2.10. The molecule has 6 nitrogen and oxygen atoms in total. The molecule has 1 rings (SSSR count). The second-order valence-corrected chi connectivity index (χ2v) is 5.88. The van der Waals surface area contributed by atoms with E-state index in [0.29, 0.717) is 17.7 Å². The molecule has 4 N–H and O–H groups in total. The highest BCUT2D eigenvalue weighted by Crippen LogP contribution is 2.04. The van der Waals surface area contributed by atoms with Crippen LogP contribution in [-0.2, 0) is 10.8 Å². The molecule has 1 amide bonds. The number of benzene rings is 1. The number of amidine groups is 1. The van der Waals surface area contributed by atoms with E-state index in [0.717, 1.165) is 0 Å². The van der Waals surface area contributed by atoms with Gasteiger partial charge in [-0.05, 0) is 19.1 Å². The first-order valence-electron chi connectivity index (χ1n) is 5.64. The van der Waals surface area contributed by atoms with Crippen molar-refractivity contribution in [3.8, 4) is 0 Å². The molecule has 0 spiro atoms. The van der Waals surface area contributed by atoms with E-state index >= 15 is 0 Å². The largest absolute Gasteiger partial charge is 0.409 e. The molecule has 1 aromatic rings. The standard InChI is InChI=1S/C12H17N3O3S/c1-8(19(2)18)7-14-12(16)10-5-3-9(4-6-10)11(13)15-17/h3-6,8,17H,7H2,1-2H3,(H2,13,15)(H,14,16). The monoisotopic (exact) mass is 283 g/mol. The first-order chi connectivity index (χ1) is 8.95. The van der Waals surface area contributed by atoms with Crippen LogP contribution in [-0.4, -0.2) is 39.2 Å². The Morgan fingerprint density at radius 1 is 1.42 bits per heavy atom. The quantitative estimate of drug-likeness (QED) is 0.312. The molecule has 7 heteroatoms. The van der Waals surface area contributed by atoms with Crippen LogP contribution in [0.4, 0.5) is 0 Å². The Kier molecular flexibility index (Phi) is 5.50. The minimum Gasteiger partial charge on any atom is -0.409 e. The predicted octanol–water partition coefficient (Wildman–Crippen LogP) is 0.278. The zero-order valence-corrected chi connectivity index (χ0v) is 11.6. The van der Waals surface area contributed by atoms with Crippen LogP contribution in [0.15, 0.2) is 29.4 Å². The van der Waals surface area contributed by atoms with E-state index in [-0.39, 0.29) is 17.0 Å². The van der Waals surface area contributed by atoms with Crippen LogP contribution in [0.3, 0.4) is 0 Å². The summed E-state index contributed by atoms with van der Waals surface area (Å²) >= 11 is 0. The van der Waals surface area contributed by atoms with Gasteiger partial charge in [-0.25, -0.2) is 0 Å². The second kappa shape index (κ2) is 6.89. The summed E-state index contributed by atoms with van der Waals surface area (Å²) in [5.41, 5.74) is 6.41. The smallest absolute Gasteiger partial charge is 0.251 e. The fourth-order valence-electron chi connectivity index (χ4n) is 1.31. The molecule has 19 heavy (non-hydrogen) atoms. The molecule has 0 aliphatic heterocycles. The number of nitrogens with one attached hydrogen (secondary N) is 1. The van der Waals surface area contributed by atoms with Crippen molar-refractivity contribution >= 4 is 22.5 Å². The first-order valence-corrected chi connectivity index (χ1v) is 7.26. The lowest BCUT2D eigenvalue weighted by Crippen LogP contribution is -2.32. The Balaban J connectivity index is 2.66. The summed E-state index contributed by atoms with van der Waals surface area (Å²) in [4.78, 5) is 11.8. The fraction of sp³-hybridized carbons (Fsp3) is 0.333. The van der Waals surface area contributed by atoms with E-state index in [1.54, 1.807) is 37.4 Å². The van der Waals surface area contributed by atoms with E-state index in [1.165, 1.54) is 0 Å². The predicted molar refractivity (Wildman–Crippen MR) is 74.8 cm³/mol. The number of oxime groups is 1. The number of carbonyl (C=O) groups excluding carboxylic acids is 1. The third-order valence-electron chi connectivity index (χ3n) is 2.67. The molecule has 2 atom stereocenters. The SMILES string of the molecule is CC(CNC(=O)c1ccc(/C(N)=N/O)cc1)S(C)=O. The lowest BCUT2D eigenvalue weighted by atomic mass is 10.1. The highest BCUT2D eigenvalue weighted by molar-refractivity contribution is 7.84. The van der Waals surface area contributed by atoms with Crippen molar-refractivity contribution in [2.24, 2.45) is 10.9 Å². The maximum absolute atomic E-state index is 11.8. The normalized spacial score (nSPS) is 14.7. The number of nitrogens with zero attached hydrogens (tertiary/aromatic N) is 1. The molecule has 0 saturated heterocycles. The lowest BCUT2D eigenvalue weighted by Gasteiger charge is -2.10. The maximum Gasteiger partial charge on any atom is 0.251 e. The Morgan fingerprint density at radius 3 is 2.42 bits per heavy atom. The van der Waals surface area contributed by atoms with Crippen LogP contribution < -0.4 is 11.1 Å². The van der Waals surface area contributed by atoms with Crippen LogP contribution in [0.5, 0.6) is 0 Å². The van der Waals surface area contributed by atoms with Crippen molar-refractivity contribution < 1.29 is 14.2 Å². The van der Waals surface area contributed by atoms with Crippen molar-refractivity contribution in [2.45, 2.75) is 12.2 Å². The lowest BCUT2D eigenvalue weighted by molar-refractivity contribution is 0.0954. The Bertz CT molecular complexity index is 499. The topological polar surface area (TPSA) is 105 Å². The summed E-state index contributed by atoms with van der Waals surface area (Å²) in [6, 6.07) is 6.34. The van der Waals surface area contributed by atoms with E-state index in [2.05, 4.69) is 10.5 Å². The summed E-state index contributed by atoms with van der Waals surface area (Å²) in [5.74, 6) is -0.259. The van der Waals surface area contributed by atoms with Crippen LogP contribution in [0.1, 0.15) is 22.8 Å². The van der Waals surface area contributed by atoms with Gasteiger partial charge in [-0.1, -0.05) is 17.3 Å². The Morgan fingerprint density at radius 2 is 1.95 bits per heavy atom. The minimum atomic E-state index is -0.969. The van der Waals surface area contributed by atoms with Crippen molar-refractivity contribution in [1.29, 1.82) is 0 Å². The summed E-state index contributed by atoms with van der Waals surface area (Å²) in [6.45, 7) is 2.15. The molecular formula is C12H17N3O3S. The number of hydrogen-bond acceptors (Lipinski definition) is 4. The number of carbonyl (C=O) groups is 1. The van der Waals surface area contributed by atoms with E-state index < -0.39 is 10.8 Å². The molecule has 0 aromatic heterocycles. The Labute approximate surface area is 114 Å². The molecule has 104 valence electrons. The average Bonchev–Trinajstić information content (AvgIpc) is 2.43. The summed E-state index contributed by atoms with van der Waals surface area (Å²) in [6.07, 6.45) is 1.60. The highest BCUT2D eigenvalue weighted by atomic mass is 32.2. The van der Waals surface area contributed by atoms with E-state index in [4.69, 9.17) is 10.9 Å². The zero-order valence-electron chi connectivity index (χ0n) is 10.8. The fourth-order valence-corrected chi connectivity index (χ4v) is 1.62. The molecule has 0 aliphatic rings. The van der Waals surface area contributed by atoms with Gasteiger partial charge in [0, 0.05) is 40.0 Å². The number of nitrogens with two attached hydrogens (primary N) is 1. The van der Waals surface area contributed by atoms with E-state index in [9.17, 15) is 9.00 Å². The van der Waals surface area contributed by atoms with Gasteiger partial charge < -0.3 is 16.3 Å². The second-order valence-electron chi connectivity index (χ2n) is 4.08. The van der Waals surface area contributed by atoms with Gasteiger partial charge in [0.2, 0.25) is 0 Å². The minimum absolute atomic E-state index is 0.0121. The molecule has 0 heterocycles. The van der Waals surface area contributed by atoms with Crippen molar-refractivity contribution in [1.82, 2.24) is 5.32 Å². The van der Waals surface area contributed by atoms with E-state index in [1.807, 2.05) is 0 Å². The third-order valence-corrected chi connectivity index (χ3v) is 3.97.